The van der Waals surface area contributed by atoms with Crippen LogP contribution in [0.2, 0.25) is 0 Å². The van der Waals surface area contributed by atoms with Crippen LogP contribution >= 0.6 is 0 Å². The third-order valence-electron chi connectivity index (χ3n) is 5.82. The smallest absolute Gasteiger partial charge is 0.321 e. The summed E-state index contributed by atoms with van der Waals surface area (Å²) in [6.45, 7) is 2.25. The topological polar surface area (TPSA) is 63.6 Å². The first-order valence-corrected chi connectivity index (χ1v) is 11.1. The van der Waals surface area contributed by atoms with Gasteiger partial charge in [-0.3, -0.25) is 9.59 Å². The number of ether oxygens (including phenoxy) is 1. The average Bonchev–Trinajstić information content (AvgIpc) is 3.03. The van der Waals surface area contributed by atoms with Crippen LogP contribution in [0.1, 0.15) is 95.5 Å². The highest BCUT2D eigenvalue weighted by molar-refractivity contribution is 5.96. The summed E-state index contributed by atoms with van der Waals surface area (Å²) in [6.07, 6.45) is 14.4. The zero-order chi connectivity index (χ0) is 20.2. The summed E-state index contributed by atoms with van der Waals surface area (Å²) < 4.78 is 5.47. The van der Waals surface area contributed by atoms with E-state index in [2.05, 4.69) is 6.92 Å². The third-order valence-corrected chi connectivity index (χ3v) is 5.82. The number of hydrogen-bond acceptors (Lipinski definition) is 3. The second-order valence-electron chi connectivity index (χ2n) is 8.05. The van der Waals surface area contributed by atoms with Gasteiger partial charge in [0.15, 0.2) is 5.92 Å². The highest BCUT2D eigenvalue weighted by Gasteiger charge is 2.49. The van der Waals surface area contributed by atoms with E-state index in [1.54, 1.807) is 0 Å². The minimum Gasteiger partial charge on any atom is -0.481 e. The molecule has 4 heteroatoms. The number of carboxylic acids is 1. The van der Waals surface area contributed by atoms with Crippen LogP contribution < -0.4 is 0 Å². The molecule has 0 saturated carbocycles. The predicted octanol–water partition coefficient (Wildman–Crippen LogP) is 6.10. The number of rotatable bonds is 14. The lowest BCUT2D eigenvalue weighted by molar-refractivity contribution is -0.153. The van der Waals surface area contributed by atoms with E-state index < -0.39 is 17.9 Å². The minimum absolute atomic E-state index is 0.324. The van der Waals surface area contributed by atoms with Gasteiger partial charge >= 0.3 is 11.9 Å². The molecule has 0 radical (unpaired) electrons. The molecule has 4 nitrogen and oxygen atoms in total. The van der Waals surface area contributed by atoms with Crippen molar-refractivity contribution in [2.75, 3.05) is 0 Å². The molecule has 2 rings (SSSR count). The molecule has 1 heterocycles. The molecule has 1 aromatic carbocycles. The first-order valence-electron chi connectivity index (χ1n) is 11.1. The molecular weight excluding hydrogens is 352 g/mol. The van der Waals surface area contributed by atoms with Crippen molar-refractivity contribution in [1.29, 1.82) is 0 Å². The molecule has 156 valence electrons. The average molecular weight is 389 g/mol. The van der Waals surface area contributed by atoms with Gasteiger partial charge in [0.2, 0.25) is 0 Å². The maximum atomic E-state index is 12.1. The quantitative estimate of drug-likeness (QED) is 0.238. The Morgan fingerprint density at radius 3 is 1.96 bits per heavy atom. The highest BCUT2D eigenvalue weighted by atomic mass is 16.6. The molecule has 1 aromatic rings. The van der Waals surface area contributed by atoms with E-state index in [9.17, 15) is 14.7 Å². The second kappa shape index (κ2) is 12.6. The van der Waals surface area contributed by atoms with E-state index in [4.69, 9.17) is 4.74 Å². The van der Waals surface area contributed by atoms with Crippen LogP contribution in [0.5, 0.6) is 0 Å². The SMILES string of the molecule is CCCCCCCCCCCCCC1OC(=O)C(C(=O)O)C1c1ccccc1. The molecule has 0 amide bonds. The van der Waals surface area contributed by atoms with Gasteiger partial charge in [0.05, 0.1) is 0 Å². The Hall–Kier alpha value is -1.84. The Morgan fingerprint density at radius 1 is 0.893 bits per heavy atom. The van der Waals surface area contributed by atoms with Crippen LogP contribution in [0.25, 0.3) is 0 Å². The van der Waals surface area contributed by atoms with Gasteiger partial charge in [0.1, 0.15) is 6.10 Å². The maximum absolute atomic E-state index is 12.1. The molecule has 0 aromatic heterocycles. The number of cyclic esters (lactones) is 1. The van der Waals surface area contributed by atoms with Gasteiger partial charge in [0, 0.05) is 5.92 Å². The maximum Gasteiger partial charge on any atom is 0.321 e. The third kappa shape index (κ3) is 6.96. The predicted molar refractivity (Wildman–Crippen MR) is 111 cm³/mol. The Balaban J connectivity index is 1.69. The summed E-state index contributed by atoms with van der Waals surface area (Å²) in [5.74, 6) is -3.14. The first-order chi connectivity index (χ1) is 13.6. The molecule has 1 saturated heterocycles. The summed E-state index contributed by atoms with van der Waals surface area (Å²) in [5.41, 5.74) is 0.883. The standard InChI is InChI=1S/C24H36O4/c1-2-3-4-5-6-7-8-9-10-11-15-18-20-21(19-16-13-12-14-17-19)22(23(25)26)24(27)28-20/h12-14,16-17,20-22H,2-11,15,18H2,1H3,(H,25,26). The normalized spacial score (nSPS) is 21.6. The van der Waals surface area contributed by atoms with E-state index in [1.165, 1.54) is 57.8 Å². The Kier molecular flexibility index (Phi) is 10.1. The van der Waals surface area contributed by atoms with Gasteiger partial charge in [-0.05, 0) is 18.4 Å². The molecule has 0 aliphatic carbocycles. The van der Waals surface area contributed by atoms with Crippen molar-refractivity contribution in [2.45, 2.75) is 96.0 Å². The van der Waals surface area contributed by atoms with Crippen LogP contribution in [0.4, 0.5) is 0 Å². The summed E-state index contributed by atoms with van der Waals surface area (Å²) in [7, 11) is 0. The van der Waals surface area contributed by atoms with E-state index in [1.807, 2.05) is 30.3 Å². The number of carboxylic acid groups (broad SMARTS) is 1. The minimum atomic E-state index is -1.08. The van der Waals surface area contributed by atoms with Crippen molar-refractivity contribution < 1.29 is 19.4 Å². The highest BCUT2D eigenvalue weighted by Crippen LogP contribution is 2.39. The molecule has 1 aliphatic rings. The lowest BCUT2D eigenvalue weighted by atomic mass is 9.82. The Bertz CT molecular complexity index is 584. The van der Waals surface area contributed by atoms with E-state index in [-0.39, 0.29) is 12.0 Å². The number of carbonyl (C=O) groups is 2. The molecule has 1 fully saturated rings. The van der Waals surface area contributed by atoms with E-state index in [0.717, 1.165) is 24.8 Å². The van der Waals surface area contributed by atoms with Crippen molar-refractivity contribution in [3.63, 3.8) is 0 Å². The monoisotopic (exact) mass is 388 g/mol. The molecule has 1 N–H and O–H groups in total. The van der Waals surface area contributed by atoms with Crippen molar-refractivity contribution in [2.24, 2.45) is 5.92 Å². The lowest BCUT2D eigenvalue weighted by Gasteiger charge is -2.19. The summed E-state index contributed by atoms with van der Waals surface area (Å²) in [6, 6.07) is 9.47. The van der Waals surface area contributed by atoms with Gasteiger partial charge < -0.3 is 9.84 Å². The fourth-order valence-corrected chi connectivity index (χ4v) is 4.24. The van der Waals surface area contributed by atoms with E-state index in [0.29, 0.717) is 0 Å². The largest absolute Gasteiger partial charge is 0.481 e. The summed E-state index contributed by atoms with van der Waals surface area (Å²) >= 11 is 0. The number of hydrogen-bond donors (Lipinski definition) is 1. The first kappa shape index (κ1) is 22.4. The molecule has 3 atom stereocenters. The zero-order valence-corrected chi connectivity index (χ0v) is 17.3. The van der Waals surface area contributed by atoms with Crippen LogP contribution in [0.3, 0.4) is 0 Å². The van der Waals surface area contributed by atoms with Crippen molar-refractivity contribution >= 4 is 11.9 Å². The Morgan fingerprint density at radius 2 is 1.43 bits per heavy atom. The number of aliphatic carboxylic acids is 1. The molecule has 28 heavy (non-hydrogen) atoms. The van der Waals surface area contributed by atoms with Crippen LogP contribution in [-0.2, 0) is 14.3 Å². The van der Waals surface area contributed by atoms with Gasteiger partial charge in [-0.25, -0.2) is 0 Å². The molecular formula is C24H36O4. The fourth-order valence-electron chi connectivity index (χ4n) is 4.24. The molecule has 1 aliphatic heterocycles. The van der Waals surface area contributed by atoms with Crippen LogP contribution in [0.15, 0.2) is 30.3 Å². The molecule has 3 unspecified atom stereocenters. The molecule has 0 bridgehead atoms. The number of benzene rings is 1. The van der Waals surface area contributed by atoms with Crippen molar-refractivity contribution in [3.8, 4) is 0 Å². The van der Waals surface area contributed by atoms with E-state index >= 15 is 0 Å². The summed E-state index contributed by atoms with van der Waals surface area (Å²) in [4.78, 5) is 23.7. The Labute approximate surface area is 169 Å². The lowest BCUT2D eigenvalue weighted by Crippen LogP contribution is -2.26. The second-order valence-corrected chi connectivity index (χ2v) is 8.05. The number of esters is 1. The zero-order valence-electron chi connectivity index (χ0n) is 17.3. The molecule has 0 spiro atoms. The van der Waals surface area contributed by atoms with Crippen LogP contribution in [0, 0.1) is 5.92 Å². The van der Waals surface area contributed by atoms with Gasteiger partial charge in [-0.2, -0.15) is 0 Å². The number of unbranched alkanes of at least 4 members (excludes halogenated alkanes) is 10. The van der Waals surface area contributed by atoms with Crippen molar-refractivity contribution in [3.05, 3.63) is 35.9 Å². The van der Waals surface area contributed by atoms with Gasteiger partial charge in [0.25, 0.3) is 0 Å². The van der Waals surface area contributed by atoms with Crippen molar-refractivity contribution in [1.82, 2.24) is 0 Å². The summed E-state index contributed by atoms with van der Waals surface area (Å²) in [5, 5.41) is 9.49. The fraction of sp³-hybridized carbons (Fsp3) is 0.667. The van der Waals surface area contributed by atoms with Gasteiger partial charge in [-0.1, -0.05) is 101 Å². The van der Waals surface area contributed by atoms with Crippen LogP contribution in [-0.4, -0.2) is 23.1 Å². The van der Waals surface area contributed by atoms with Gasteiger partial charge in [-0.15, -0.1) is 0 Å². The number of carbonyl (C=O) groups excluding carboxylic acids is 1.